The molecule has 0 atom stereocenters. The Balaban J connectivity index is 1.45. The summed E-state index contributed by atoms with van der Waals surface area (Å²) in [5.41, 5.74) is 2.07. The van der Waals surface area contributed by atoms with Gasteiger partial charge in [0.25, 0.3) is 11.1 Å². The van der Waals surface area contributed by atoms with Gasteiger partial charge in [-0.3, -0.25) is 14.5 Å². The number of thioether (sulfide) groups is 1. The fourth-order valence-corrected chi connectivity index (χ4v) is 4.71. The molecule has 162 valence electrons. The molecule has 3 aromatic rings. The van der Waals surface area contributed by atoms with Gasteiger partial charge in [0.05, 0.1) is 15.0 Å². The summed E-state index contributed by atoms with van der Waals surface area (Å²) >= 11 is 8.94. The molecule has 1 saturated heterocycles. The minimum Gasteiger partial charge on any atom is -0.488 e. The summed E-state index contributed by atoms with van der Waals surface area (Å²) in [6.45, 7) is 0.311. The van der Waals surface area contributed by atoms with E-state index >= 15 is 0 Å². The third-order valence-corrected chi connectivity index (χ3v) is 6.72. The SMILES string of the molecule is O=C1S/C(=C\c2ccc(OCc3ccccc3F)c(I)c2)C(=O)N1Cc1ccc(Cl)cc1. The molecule has 1 aliphatic rings. The summed E-state index contributed by atoms with van der Waals surface area (Å²) in [7, 11) is 0. The second-order valence-corrected chi connectivity index (χ2v) is 9.56. The van der Waals surface area contributed by atoms with Crippen molar-refractivity contribution in [3.63, 3.8) is 0 Å². The Hall–Kier alpha value is -2.36. The lowest BCUT2D eigenvalue weighted by molar-refractivity contribution is -0.123. The average Bonchev–Trinajstić information content (AvgIpc) is 3.03. The highest BCUT2D eigenvalue weighted by Crippen LogP contribution is 2.34. The molecule has 0 N–H and O–H groups in total. The van der Waals surface area contributed by atoms with Crippen LogP contribution in [0.25, 0.3) is 6.08 Å². The van der Waals surface area contributed by atoms with Gasteiger partial charge in [0.15, 0.2) is 0 Å². The van der Waals surface area contributed by atoms with Crippen LogP contribution in [-0.4, -0.2) is 16.0 Å². The third kappa shape index (κ3) is 5.33. The Labute approximate surface area is 207 Å². The number of hydrogen-bond acceptors (Lipinski definition) is 4. The van der Waals surface area contributed by atoms with Gasteiger partial charge < -0.3 is 4.74 Å². The Kier molecular flexibility index (Phi) is 7.17. The lowest BCUT2D eigenvalue weighted by atomic mass is 10.2. The zero-order chi connectivity index (χ0) is 22.7. The van der Waals surface area contributed by atoms with Crippen LogP contribution in [0.15, 0.2) is 71.6 Å². The summed E-state index contributed by atoms with van der Waals surface area (Å²) in [6, 6.07) is 18.9. The first kappa shape index (κ1) is 22.8. The molecule has 0 bridgehead atoms. The first-order valence-electron chi connectivity index (χ1n) is 9.56. The van der Waals surface area contributed by atoms with Gasteiger partial charge in [0, 0.05) is 10.6 Å². The maximum atomic E-state index is 13.8. The molecule has 1 heterocycles. The Morgan fingerprint density at radius 3 is 2.53 bits per heavy atom. The molecular weight excluding hydrogens is 564 g/mol. The van der Waals surface area contributed by atoms with E-state index < -0.39 is 0 Å². The highest BCUT2D eigenvalue weighted by molar-refractivity contribution is 14.1. The van der Waals surface area contributed by atoms with E-state index in [-0.39, 0.29) is 30.1 Å². The minimum absolute atomic E-state index is 0.117. The van der Waals surface area contributed by atoms with Gasteiger partial charge in [-0.1, -0.05) is 48.0 Å². The quantitative estimate of drug-likeness (QED) is 0.236. The second kappa shape index (κ2) is 10.1. The Morgan fingerprint density at radius 1 is 1.06 bits per heavy atom. The van der Waals surface area contributed by atoms with E-state index in [4.69, 9.17) is 16.3 Å². The number of amides is 2. The van der Waals surface area contributed by atoms with Gasteiger partial charge in [0.1, 0.15) is 18.2 Å². The van der Waals surface area contributed by atoms with E-state index in [0.29, 0.717) is 21.2 Å². The highest BCUT2D eigenvalue weighted by Gasteiger charge is 2.35. The molecule has 8 heteroatoms. The predicted molar refractivity (Wildman–Crippen MR) is 133 cm³/mol. The number of hydrogen-bond donors (Lipinski definition) is 0. The molecule has 1 aliphatic heterocycles. The van der Waals surface area contributed by atoms with Crippen LogP contribution in [0.2, 0.25) is 5.02 Å². The molecule has 3 aromatic carbocycles. The number of carbonyl (C=O) groups is 2. The van der Waals surface area contributed by atoms with Gasteiger partial charge >= 0.3 is 0 Å². The predicted octanol–water partition coefficient (Wildman–Crippen LogP) is 6.90. The van der Waals surface area contributed by atoms with Crippen molar-refractivity contribution in [1.29, 1.82) is 0 Å². The van der Waals surface area contributed by atoms with Crippen molar-refractivity contribution in [3.05, 3.63) is 103 Å². The van der Waals surface area contributed by atoms with Gasteiger partial charge in [-0.15, -0.1) is 0 Å². The topological polar surface area (TPSA) is 46.6 Å². The number of imide groups is 1. The van der Waals surface area contributed by atoms with Gasteiger partial charge in [0.2, 0.25) is 0 Å². The molecule has 1 fully saturated rings. The van der Waals surface area contributed by atoms with Gasteiger partial charge in [-0.2, -0.15) is 0 Å². The largest absolute Gasteiger partial charge is 0.488 e. The fraction of sp³-hybridized carbons (Fsp3) is 0.0833. The first-order valence-corrected chi connectivity index (χ1v) is 11.8. The van der Waals surface area contributed by atoms with Gasteiger partial charge in [-0.05, 0) is 81.9 Å². The maximum Gasteiger partial charge on any atom is 0.293 e. The van der Waals surface area contributed by atoms with Crippen molar-refractivity contribution >= 4 is 63.2 Å². The first-order chi connectivity index (χ1) is 15.4. The van der Waals surface area contributed by atoms with Crippen LogP contribution in [0, 0.1) is 9.39 Å². The number of benzene rings is 3. The standard InChI is InChI=1S/C24H16ClFINO3S/c25-18-8-5-15(6-9-18)13-28-23(29)22(32-24(28)30)12-16-7-10-21(20(27)11-16)31-14-17-3-1-2-4-19(17)26/h1-12H,13-14H2/b22-12-. The van der Waals surface area contributed by atoms with E-state index in [0.717, 1.165) is 26.5 Å². The third-order valence-electron chi connectivity index (χ3n) is 4.72. The molecule has 0 aromatic heterocycles. The van der Waals surface area contributed by atoms with Crippen molar-refractivity contribution in [2.45, 2.75) is 13.2 Å². The molecule has 0 unspecified atom stereocenters. The highest BCUT2D eigenvalue weighted by atomic mass is 127. The summed E-state index contributed by atoms with van der Waals surface area (Å²) in [6.07, 6.45) is 1.69. The smallest absolute Gasteiger partial charge is 0.293 e. The number of nitrogens with zero attached hydrogens (tertiary/aromatic N) is 1. The molecule has 0 aliphatic carbocycles. The molecule has 4 rings (SSSR count). The van der Waals surface area contributed by atoms with E-state index in [1.807, 2.05) is 6.07 Å². The van der Waals surface area contributed by atoms with E-state index in [1.165, 1.54) is 11.0 Å². The molecule has 0 radical (unpaired) electrons. The monoisotopic (exact) mass is 579 g/mol. The van der Waals surface area contributed by atoms with Crippen molar-refractivity contribution < 1.29 is 18.7 Å². The lowest BCUT2D eigenvalue weighted by Crippen LogP contribution is -2.27. The van der Waals surface area contributed by atoms with Crippen molar-refractivity contribution in [3.8, 4) is 5.75 Å². The maximum absolute atomic E-state index is 13.8. The van der Waals surface area contributed by atoms with Crippen LogP contribution < -0.4 is 4.74 Å². The van der Waals surface area contributed by atoms with Crippen LogP contribution in [0.1, 0.15) is 16.7 Å². The van der Waals surface area contributed by atoms with Crippen molar-refractivity contribution in [1.82, 2.24) is 4.90 Å². The second-order valence-electron chi connectivity index (χ2n) is 6.96. The molecule has 2 amide bonds. The van der Waals surface area contributed by atoms with Crippen LogP contribution >= 0.6 is 46.0 Å². The number of carbonyl (C=O) groups excluding carboxylic acids is 2. The van der Waals surface area contributed by atoms with Crippen LogP contribution in [-0.2, 0) is 17.9 Å². The Bertz CT molecular complexity index is 1220. The minimum atomic E-state index is -0.329. The van der Waals surface area contributed by atoms with Gasteiger partial charge in [-0.25, -0.2) is 4.39 Å². The number of ether oxygens (including phenoxy) is 1. The summed E-state index contributed by atoms with van der Waals surface area (Å²) in [4.78, 5) is 26.7. The van der Waals surface area contributed by atoms with Crippen LogP contribution in [0.3, 0.4) is 0 Å². The summed E-state index contributed by atoms with van der Waals surface area (Å²) in [5, 5.41) is 0.287. The average molecular weight is 580 g/mol. The molecule has 0 spiro atoms. The molecular formula is C24H16ClFINO3S. The zero-order valence-corrected chi connectivity index (χ0v) is 20.3. The van der Waals surface area contributed by atoms with Crippen molar-refractivity contribution in [2.75, 3.05) is 0 Å². The lowest BCUT2D eigenvalue weighted by Gasteiger charge is -2.12. The number of rotatable bonds is 6. The van der Waals surface area contributed by atoms with Crippen LogP contribution in [0.4, 0.5) is 9.18 Å². The van der Waals surface area contributed by atoms with E-state index in [1.54, 1.807) is 60.7 Å². The summed E-state index contributed by atoms with van der Waals surface area (Å²) in [5.74, 6) is -0.0277. The molecule has 0 saturated carbocycles. The van der Waals surface area contributed by atoms with Crippen molar-refractivity contribution in [2.24, 2.45) is 0 Å². The fourth-order valence-electron chi connectivity index (χ4n) is 3.05. The summed E-state index contributed by atoms with van der Waals surface area (Å²) < 4.78 is 20.3. The van der Waals surface area contributed by atoms with Crippen LogP contribution in [0.5, 0.6) is 5.75 Å². The Morgan fingerprint density at radius 2 is 1.81 bits per heavy atom. The van der Waals surface area contributed by atoms with E-state index in [2.05, 4.69) is 22.6 Å². The molecule has 32 heavy (non-hydrogen) atoms. The number of halogens is 3. The normalized spacial score (nSPS) is 15.0. The molecule has 4 nitrogen and oxygen atoms in total. The zero-order valence-electron chi connectivity index (χ0n) is 16.6. The van der Waals surface area contributed by atoms with E-state index in [9.17, 15) is 14.0 Å².